The molecule has 1 fully saturated rings. The van der Waals surface area contributed by atoms with Gasteiger partial charge in [-0.25, -0.2) is 4.79 Å². The summed E-state index contributed by atoms with van der Waals surface area (Å²) in [7, 11) is 0. The van der Waals surface area contributed by atoms with E-state index in [0.29, 0.717) is 12.1 Å². The predicted molar refractivity (Wildman–Crippen MR) is 79.7 cm³/mol. The van der Waals surface area contributed by atoms with Gasteiger partial charge in [0.1, 0.15) is 0 Å². The fourth-order valence-electron chi connectivity index (χ4n) is 2.87. The van der Waals surface area contributed by atoms with Gasteiger partial charge in [0.2, 0.25) is 5.91 Å². The first-order valence-corrected chi connectivity index (χ1v) is 7.27. The zero-order valence-electron chi connectivity index (χ0n) is 12.4. The summed E-state index contributed by atoms with van der Waals surface area (Å²) < 4.78 is 0. The van der Waals surface area contributed by atoms with Crippen molar-refractivity contribution in [1.29, 1.82) is 0 Å². The molecule has 1 aliphatic rings. The van der Waals surface area contributed by atoms with Gasteiger partial charge in [-0.1, -0.05) is 44.2 Å². The van der Waals surface area contributed by atoms with Crippen LogP contribution in [0.1, 0.15) is 31.9 Å². The highest BCUT2D eigenvalue weighted by Gasteiger charge is 2.45. The van der Waals surface area contributed by atoms with Crippen LogP contribution in [0.15, 0.2) is 30.3 Å². The van der Waals surface area contributed by atoms with E-state index in [0.717, 1.165) is 13.0 Å². The van der Waals surface area contributed by atoms with Gasteiger partial charge in [0.15, 0.2) is 6.04 Å². The summed E-state index contributed by atoms with van der Waals surface area (Å²) in [6.07, 6.45) is 0.734. The SMILES string of the molecule is CC(C)C1(C(=O)N[C@@H](C(=O)O)c2ccccc2)CCNC1. The molecule has 2 rings (SSSR count). The van der Waals surface area contributed by atoms with E-state index in [1.807, 2.05) is 19.9 Å². The number of rotatable bonds is 5. The van der Waals surface area contributed by atoms with E-state index >= 15 is 0 Å². The van der Waals surface area contributed by atoms with Gasteiger partial charge in [-0.3, -0.25) is 4.79 Å². The molecule has 0 spiro atoms. The molecule has 0 aliphatic carbocycles. The molecule has 1 aliphatic heterocycles. The Bertz CT molecular complexity index is 508. The zero-order valence-corrected chi connectivity index (χ0v) is 12.4. The number of hydrogen-bond acceptors (Lipinski definition) is 3. The van der Waals surface area contributed by atoms with Crippen LogP contribution in [0.5, 0.6) is 0 Å². The maximum Gasteiger partial charge on any atom is 0.330 e. The monoisotopic (exact) mass is 290 g/mol. The lowest BCUT2D eigenvalue weighted by Gasteiger charge is -2.32. The summed E-state index contributed by atoms with van der Waals surface area (Å²) in [5, 5.41) is 15.3. The molecule has 1 aromatic rings. The molecule has 0 aromatic heterocycles. The van der Waals surface area contributed by atoms with Gasteiger partial charge in [0.05, 0.1) is 5.41 Å². The molecule has 5 nitrogen and oxygen atoms in total. The van der Waals surface area contributed by atoms with E-state index in [1.54, 1.807) is 24.3 Å². The molecule has 1 unspecified atom stereocenters. The molecule has 2 atom stereocenters. The Morgan fingerprint density at radius 2 is 1.95 bits per heavy atom. The largest absolute Gasteiger partial charge is 0.479 e. The molecule has 1 heterocycles. The topological polar surface area (TPSA) is 78.4 Å². The van der Waals surface area contributed by atoms with Gasteiger partial charge in [0, 0.05) is 6.54 Å². The standard InChI is InChI=1S/C16H22N2O3/c1-11(2)16(8-9-17-10-16)15(21)18-13(14(19)20)12-6-4-3-5-7-12/h3-7,11,13,17H,8-10H2,1-2H3,(H,18,21)(H,19,20)/t13-,16?/m1/s1. The fraction of sp³-hybridized carbons (Fsp3) is 0.500. The van der Waals surface area contributed by atoms with Crippen molar-refractivity contribution in [3.8, 4) is 0 Å². The summed E-state index contributed by atoms with van der Waals surface area (Å²) in [6, 6.07) is 7.79. The van der Waals surface area contributed by atoms with Gasteiger partial charge in [0.25, 0.3) is 0 Å². The van der Waals surface area contributed by atoms with E-state index < -0.39 is 17.4 Å². The van der Waals surface area contributed by atoms with E-state index in [4.69, 9.17) is 0 Å². The molecular formula is C16H22N2O3. The van der Waals surface area contributed by atoms with Crippen LogP contribution >= 0.6 is 0 Å². The maximum atomic E-state index is 12.7. The Morgan fingerprint density at radius 3 is 2.43 bits per heavy atom. The minimum Gasteiger partial charge on any atom is -0.479 e. The minimum atomic E-state index is -1.04. The summed E-state index contributed by atoms with van der Waals surface area (Å²) in [4.78, 5) is 24.2. The average Bonchev–Trinajstić information content (AvgIpc) is 2.96. The summed E-state index contributed by atoms with van der Waals surface area (Å²) in [5.41, 5.74) is 0.0610. The van der Waals surface area contributed by atoms with Crippen LogP contribution in [-0.4, -0.2) is 30.1 Å². The van der Waals surface area contributed by atoms with Crippen molar-refractivity contribution in [1.82, 2.24) is 10.6 Å². The van der Waals surface area contributed by atoms with E-state index in [2.05, 4.69) is 10.6 Å². The Morgan fingerprint density at radius 1 is 1.29 bits per heavy atom. The lowest BCUT2D eigenvalue weighted by molar-refractivity contribution is -0.144. The summed E-state index contributed by atoms with van der Waals surface area (Å²) in [5.74, 6) is -1.07. The van der Waals surface area contributed by atoms with Crippen molar-refractivity contribution in [2.75, 3.05) is 13.1 Å². The van der Waals surface area contributed by atoms with Crippen molar-refractivity contribution in [3.05, 3.63) is 35.9 Å². The van der Waals surface area contributed by atoms with Crippen molar-refractivity contribution >= 4 is 11.9 Å². The van der Waals surface area contributed by atoms with Gasteiger partial charge in [-0.2, -0.15) is 0 Å². The van der Waals surface area contributed by atoms with Gasteiger partial charge < -0.3 is 15.7 Å². The first-order valence-electron chi connectivity index (χ1n) is 7.27. The van der Waals surface area contributed by atoms with E-state index in [-0.39, 0.29) is 11.8 Å². The van der Waals surface area contributed by atoms with Crippen LogP contribution in [0.25, 0.3) is 0 Å². The predicted octanol–water partition coefficient (Wildman–Crippen LogP) is 1.56. The first-order chi connectivity index (χ1) is 9.97. The Balaban J connectivity index is 2.21. The number of nitrogens with one attached hydrogen (secondary N) is 2. The molecule has 5 heteroatoms. The highest BCUT2D eigenvalue weighted by molar-refractivity contribution is 5.88. The lowest BCUT2D eigenvalue weighted by Crippen LogP contribution is -2.48. The number of aliphatic carboxylic acids is 1. The third-order valence-electron chi connectivity index (χ3n) is 4.40. The third kappa shape index (κ3) is 3.08. The molecule has 0 radical (unpaired) electrons. The zero-order chi connectivity index (χ0) is 15.5. The Kier molecular flexibility index (Phi) is 4.63. The highest BCUT2D eigenvalue weighted by atomic mass is 16.4. The van der Waals surface area contributed by atoms with Crippen molar-refractivity contribution in [2.24, 2.45) is 11.3 Å². The molecule has 21 heavy (non-hydrogen) atoms. The molecule has 1 aromatic carbocycles. The van der Waals surface area contributed by atoms with Crippen molar-refractivity contribution < 1.29 is 14.7 Å². The molecule has 1 amide bonds. The molecular weight excluding hydrogens is 268 g/mol. The Labute approximate surface area is 124 Å². The quantitative estimate of drug-likeness (QED) is 0.769. The number of carboxylic acids is 1. The first kappa shape index (κ1) is 15.5. The van der Waals surface area contributed by atoms with Crippen molar-refractivity contribution in [3.63, 3.8) is 0 Å². The van der Waals surface area contributed by atoms with Gasteiger partial charge in [-0.05, 0) is 24.4 Å². The number of carbonyl (C=O) groups is 2. The summed E-state index contributed by atoms with van der Waals surface area (Å²) >= 11 is 0. The van der Waals surface area contributed by atoms with Crippen LogP contribution in [-0.2, 0) is 9.59 Å². The second kappa shape index (κ2) is 6.26. The second-order valence-electron chi connectivity index (χ2n) is 5.89. The third-order valence-corrected chi connectivity index (χ3v) is 4.40. The van der Waals surface area contributed by atoms with Crippen LogP contribution < -0.4 is 10.6 Å². The molecule has 3 N–H and O–H groups in total. The molecule has 1 saturated heterocycles. The van der Waals surface area contributed by atoms with Crippen LogP contribution in [0.4, 0.5) is 0 Å². The average molecular weight is 290 g/mol. The van der Waals surface area contributed by atoms with E-state index in [9.17, 15) is 14.7 Å². The number of benzene rings is 1. The number of amides is 1. The molecule has 0 bridgehead atoms. The number of hydrogen-bond donors (Lipinski definition) is 3. The second-order valence-corrected chi connectivity index (χ2v) is 5.89. The summed E-state index contributed by atoms with van der Waals surface area (Å²) in [6.45, 7) is 5.39. The fourth-order valence-corrected chi connectivity index (χ4v) is 2.87. The maximum absolute atomic E-state index is 12.7. The molecule has 0 saturated carbocycles. The lowest BCUT2D eigenvalue weighted by atomic mass is 9.75. The Hall–Kier alpha value is -1.88. The smallest absolute Gasteiger partial charge is 0.330 e. The highest BCUT2D eigenvalue weighted by Crippen LogP contribution is 2.35. The van der Waals surface area contributed by atoms with Gasteiger partial charge >= 0.3 is 5.97 Å². The van der Waals surface area contributed by atoms with Crippen LogP contribution in [0.2, 0.25) is 0 Å². The normalized spacial score (nSPS) is 23.0. The minimum absolute atomic E-state index is 0.151. The molecule has 114 valence electrons. The van der Waals surface area contributed by atoms with Gasteiger partial charge in [-0.15, -0.1) is 0 Å². The van der Waals surface area contributed by atoms with Crippen LogP contribution in [0.3, 0.4) is 0 Å². The number of carbonyl (C=O) groups excluding carboxylic acids is 1. The van der Waals surface area contributed by atoms with E-state index in [1.165, 1.54) is 0 Å². The van der Waals surface area contributed by atoms with Crippen molar-refractivity contribution in [2.45, 2.75) is 26.3 Å². The van der Waals surface area contributed by atoms with Crippen LogP contribution in [0, 0.1) is 11.3 Å². The number of carboxylic acid groups (broad SMARTS) is 1.